The number of nitrogens with zero attached hydrogens (tertiary/aromatic N) is 1. The third-order valence-electron chi connectivity index (χ3n) is 3.52. The summed E-state index contributed by atoms with van der Waals surface area (Å²) < 4.78 is 26.5. The van der Waals surface area contributed by atoms with Crippen molar-refractivity contribution in [3.8, 4) is 0 Å². The Balaban J connectivity index is 1.67. The molecule has 0 aliphatic heterocycles. The molecule has 126 valence electrons. The van der Waals surface area contributed by atoms with E-state index in [0.717, 1.165) is 0 Å². The quantitative estimate of drug-likeness (QED) is 0.738. The van der Waals surface area contributed by atoms with Gasteiger partial charge in [-0.3, -0.25) is 9.78 Å². The smallest absolute Gasteiger partial charge is 0.270 e. The van der Waals surface area contributed by atoms with Gasteiger partial charge in [0.25, 0.3) is 5.91 Å². The highest BCUT2D eigenvalue weighted by atomic mass is 19.1. The van der Waals surface area contributed by atoms with Crippen LogP contribution >= 0.6 is 0 Å². The predicted molar refractivity (Wildman–Crippen MR) is 91.5 cm³/mol. The molecule has 0 aliphatic carbocycles. The van der Waals surface area contributed by atoms with E-state index in [4.69, 9.17) is 0 Å². The van der Waals surface area contributed by atoms with Gasteiger partial charge >= 0.3 is 0 Å². The molecule has 0 bridgehead atoms. The summed E-state index contributed by atoms with van der Waals surface area (Å²) in [5.41, 5.74) is 1.92. The maximum Gasteiger partial charge on any atom is 0.270 e. The Morgan fingerprint density at radius 2 is 1.72 bits per heavy atom. The maximum atomic E-state index is 13.6. The van der Waals surface area contributed by atoms with Gasteiger partial charge in [0.2, 0.25) is 0 Å². The van der Waals surface area contributed by atoms with E-state index in [0.29, 0.717) is 16.9 Å². The lowest BCUT2D eigenvalue weighted by molar-refractivity contribution is 0.0945. The van der Waals surface area contributed by atoms with Gasteiger partial charge in [0, 0.05) is 29.7 Å². The standard InChI is InChI=1S/C19H15F2N3O/c20-14-5-7-15(8-6-14)24-16-9-10-22-18(11-16)19(25)23-12-13-3-1-2-4-17(13)21/h1-11H,12H2,(H,22,24)(H,23,25). The van der Waals surface area contributed by atoms with Crippen LogP contribution in [0.2, 0.25) is 0 Å². The minimum absolute atomic E-state index is 0.0722. The summed E-state index contributed by atoms with van der Waals surface area (Å²) in [4.78, 5) is 16.2. The molecule has 3 aromatic rings. The lowest BCUT2D eigenvalue weighted by Gasteiger charge is -2.09. The Bertz CT molecular complexity index is 882. The fourth-order valence-corrected chi connectivity index (χ4v) is 2.24. The number of carbonyl (C=O) groups is 1. The molecular formula is C19H15F2N3O. The second kappa shape index (κ2) is 7.53. The molecule has 0 unspecified atom stereocenters. The Morgan fingerprint density at radius 3 is 2.48 bits per heavy atom. The van der Waals surface area contributed by atoms with E-state index >= 15 is 0 Å². The van der Waals surface area contributed by atoms with Gasteiger partial charge in [-0.2, -0.15) is 0 Å². The Kier molecular flexibility index (Phi) is 4.99. The monoisotopic (exact) mass is 339 g/mol. The summed E-state index contributed by atoms with van der Waals surface area (Å²) in [6.45, 7) is 0.0722. The largest absolute Gasteiger partial charge is 0.355 e. The highest BCUT2D eigenvalue weighted by Gasteiger charge is 2.09. The van der Waals surface area contributed by atoms with Crippen molar-refractivity contribution in [2.45, 2.75) is 6.54 Å². The van der Waals surface area contributed by atoms with Crippen LogP contribution in [0.5, 0.6) is 0 Å². The number of nitrogens with one attached hydrogen (secondary N) is 2. The number of aromatic nitrogens is 1. The third kappa shape index (κ3) is 4.38. The fourth-order valence-electron chi connectivity index (χ4n) is 2.24. The SMILES string of the molecule is O=C(NCc1ccccc1F)c1cc(Nc2ccc(F)cc2)ccn1. The number of pyridine rings is 1. The van der Waals surface area contributed by atoms with Gasteiger partial charge in [0.15, 0.2) is 0 Å². The highest BCUT2D eigenvalue weighted by Crippen LogP contribution is 2.17. The molecule has 2 N–H and O–H groups in total. The van der Waals surface area contributed by atoms with E-state index in [9.17, 15) is 13.6 Å². The van der Waals surface area contributed by atoms with E-state index in [-0.39, 0.29) is 23.9 Å². The average Bonchev–Trinajstić information content (AvgIpc) is 2.63. The van der Waals surface area contributed by atoms with Crippen molar-refractivity contribution in [1.82, 2.24) is 10.3 Å². The van der Waals surface area contributed by atoms with Gasteiger partial charge in [-0.05, 0) is 42.5 Å². The van der Waals surface area contributed by atoms with Crippen molar-refractivity contribution in [2.24, 2.45) is 0 Å². The number of hydrogen-bond donors (Lipinski definition) is 2. The highest BCUT2D eigenvalue weighted by molar-refractivity contribution is 5.93. The number of rotatable bonds is 5. The van der Waals surface area contributed by atoms with E-state index in [1.807, 2.05) is 0 Å². The van der Waals surface area contributed by atoms with Crippen molar-refractivity contribution in [3.05, 3.63) is 89.8 Å². The van der Waals surface area contributed by atoms with Crippen LogP contribution in [0, 0.1) is 11.6 Å². The zero-order valence-corrected chi connectivity index (χ0v) is 13.2. The number of halogens is 2. The van der Waals surface area contributed by atoms with Crippen molar-refractivity contribution < 1.29 is 13.6 Å². The van der Waals surface area contributed by atoms with Gasteiger partial charge in [0.05, 0.1) is 0 Å². The minimum atomic E-state index is -0.411. The summed E-state index contributed by atoms with van der Waals surface area (Å²) in [6, 6.07) is 15.4. The van der Waals surface area contributed by atoms with E-state index in [2.05, 4.69) is 15.6 Å². The van der Waals surface area contributed by atoms with E-state index < -0.39 is 5.91 Å². The summed E-state index contributed by atoms with van der Waals surface area (Å²) in [6.07, 6.45) is 1.49. The van der Waals surface area contributed by atoms with Crippen LogP contribution in [-0.4, -0.2) is 10.9 Å². The Labute approximate surface area is 143 Å². The number of amides is 1. The van der Waals surface area contributed by atoms with Gasteiger partial charge in [0.1, 0.15) is 17.3 Å². The molecule has 25 heavy (non-hydrogen) atoms. The molecule has 0 fully saturated rings. The number of benzene rings is 2. The van der Waals surface area contributed by atoms with Crippen LogP contribution in [0.4, 0.5) is 20.2 Å². The molecule has 4 nitrogen and oxygen atoms in total. The van der Waals surface area contributed by atoms with Crippen LogP contribution in [0.25, 0.3) is 0 Å². The van der Waals surface area contributed by atoms with Crippen molar-refractivity contribution >= 4 is 17.3 Å². The van der Waals surface area contributed by atoms with Gasteiger partial charge < -0.3 is 10.6 Å². The van der Waals surface area contributed by atoms with Crippen LogP contribution in [-0.2, 0) is 6.54 Å². The molecule has 1 heterocycles. The van der Waals surface area contributed by atoms with Crippen LogP contribution in [0.3, 0.4) is 0 Å². The van der Waals surface area contributed by atoms with Crippen molar-refractivity contribution in [2.75, 3.05) is 5.32 Å². The van der Waals surface area contributed by atoms with Crippen LogP contribution in [0.1, 0.15) is 16.1 Å². The second-order valence-corrected chi connectivity index (χ2v) is 5.34. The summed E-state index contributed by atoms with van der Waals surface area (Å²) in [5.74, 6) is -1.11. The first-order chi connectivity index (χ1) is 12.1. The molecule has 0 spiro atoms. The molecule has 0 atom stereocenters. The lowest BCUT2D eigenvalue weighted by Crippen LogP contribution is -2.24. The van der Waals surface area contributed by atoms with E-state index in [1.165, 1.54) is 24.4 Å². The molecule has 1 aromatic heterocycles. The summed E-state index contributed by atoms with van der Waals surface area (Å²) in [5, 5.41) is 5.70. The first-order valence-corrected chi connectivity index (χ1v) is 7.62. The molecule has 6 heteroatoms. The predicted octanol–water partition coefficient (Wildman–Crippen LogP) is 4.03. The fraction of sp³-hybridized carbons (Fsp3) is 0.0526. The number of hydrogen-bond acceptors (Lipinski definition) is 3. The molecule has 2 aromatic carbocycles. The molecule has 0 radical (unpaired) electrons. The normalized spacial score (nSPS) is 10.3. The number of carbonyl (C=O) groups excluding carboxylic acids is 1. The lowest BCUT2D eigenvalue weighted by atomic mass is 10.2. The van der Waals surface area contributed by atoms with Crippen LogP contribution < -0.4 is 10.6 Å². The zero-order chi connectivity index (χ0) is 17.6. The molecule has 1 amide bonds. The van der Waals surface area contributed by atoms with Crippen molar-refractivity contribution in [1.29, 1.82) is 0 Å². The molecule has 3 rings (SSSR count). The maximum absolute atomic E-state index is 13.6. The molecule has 0 saturated carbocycles. The summed E-state index contributed by atoms with van der Waals surface area (Å²) >= 11 is 0. The Morgan fingerprint density at radius 1 is 0.960 bits per heavy atom. The molecule has 0 aliphatic rings. The second-order valence-electron chi connectivity index (χ2n) is 5.34. The minimum Gasteiger partial charge on any atom is -0.355 e. The molecular weight excluding hydrogens is 324 g/mol. The first-order valence-electron chi connectivity index (χ1n) is 7.62. The Hall–Kier alpha value is -3.28. The number of anilines is 2. The van der Waals surface area contributed by atoms with Gasteiger partial charge in [-0.15, -0.1) is 0 Å². The van der Waals surface area contributed by atoms with Crippen molar-refractivity contribution in [3.63, 3.8) is 0 Å². The zero-order valence-electron chi connectivity index (χ0n) is 13.2. The topological polar surface area (TPSA) is 54.0 Å². The van der Waals surface area contributed by atoms with Gasteiger partial charge in [-0.25, -0.2) is 8.78 Å². The summed E-state index contributed by atoms with van der Waals surface area (Å²) in [7, 11) is 0. The first kappa shape index (κ1) is 16.6. The molecule has 0 saturated heterocycles. The van der Waals surface area contributed by atoms with Crippen LogP contribution in [0.15, 0.2) is 66.9 Å². The average molecular weight is 339 g/mol. The third-order valence-corrected chi connectivity index (χ3v) is 3.52. The van der Waals surface area contributed by atoms with Gasteiger partial charge in [-0.1, -0.05) is 18.2 Å². The van der Waals surface area contributed by atoms with E-state index in [1.54, 1.807) is 42.5 Å².